The van der Waals surface area contributed by atoms with Crippen molar-refractivity contribution in [3.8, 4) is 0 Å². The van der Waals surface area contributed by atoms with E-state index >= 15 is 0 Å². The Hall–Kier alpha value is -0.470. The first-order valence-electron chi connectivity index (χ1n) is 5.64. The molecule has 2 rings (SSSR count). The zero-order chi connectivity index (χ0) is 10.7. The lowest BCUT2D eigenvalue weighted by Crippen LogP contribution is -2.11. The van der Waals surface area contributed by atoms with Gasteiger partial charge in [-0.15, -0.1) is 11.8 Å². The summed E-state index contributed by atoms with van der Waals surface area (Å²) in [5.41, 5.74) is 7.58. The van der Waals surface area contributed by atoms with Crippen molar-refractivity contribution in [2.24, 2.45) is 11.1 Å². The Bertz CT molecular complexity index is 331. The Balaban J connectivity index is 1.88. The summed E-state index contributed by atoms with van der Waals surface area (Å²) in [7, 11) is 0. The van der Waals surface area contributed by atoms with Gasteiger partial charge in [0.05, 0.1) is 0 Å². The van der Waals surface area contributed by atoms with Gasteiger partial charge < -0.3 is 5.73 Å². The number of benzene rings is 1. The van der Waals surface area contributed by atoms with Crippen LogP contribution in [0.25, 0.3) is 0 Å². The van der Waals surface area contributed by atoms with Crippen LogP contribution in [-0.4, -0.2) is 12.3 Å². The Morgan fingerprint density at radius 3 is 2.80 bits per heavy atom. The van der Waals surface area contributed by atoms with Gasteiger partial charge in [-0.2, -0.15) is 0 Å². The molecule has 0 unspecified atom stereocenters. The van der Waals surface area contributed by atoms with Crippen LogP contribution in [0.3, 0.4) is 0 Å². The molecule has 15 heavy (non-hydrogen) atoms. The highest BCUT2D eigenvalue weighted by atomic mass is 32.2. The van der Waals surface area contributed by atoms with E-state index in [-0.39, 0.29) is 0 Å². The minimum atomic E-state index is 0.586. The fraction of sp³-hybridized carbons (Fsp3) is 0.538. The van der Waals surface area contributed by atoms with Crippen LogP contribution in [-0.2, 0) is 0 Å². The number of hydrogen-bond acceptors (Lipinski definition) is 2. The Morgan fingerprint density at radius 2 is 2.20 bits per heavy atom. The first-order valence-corrected chi connectivity index (χ1v) is 6.62. The quantitative estimate of drug-likeness (QED) is 0.773. The second-order valence-electron chi connectivity index (χ2n) is 4.64. The fourth-order valence-corrected chi connectivity index (χ4v) is 3.24. The molecule has 1 aromatic rings. The fourth-order valence-electron chi connectivity index (χ4n) is 1.89. The standard InChI is InChI=1S/C13H19NS/c1-11-3-2-4-12(9-11)15-10-13(5-6-13)7-8-14/h2-4,9H,5-8,10,14H2,1H3. The Morgan fingerprint density at radius 1 is 1.40 bits per heavy atom. The van der Waals surface area contributed by atoms with E-state index in [4.69, 9.17) is 5.73 Å². The predicted molar refractivity (Wildman–Crippen MR) is 67.2 cm³/mol. The van der Waals surface area contributed by atoms with Gasteiger partial charge in [-0.1, -0.05) is 17.7 Å². The van der Waals surface area contributed by atoms with Gasteiger partial charge in [-0.25, -0.2) is 0 Å². The summed E-state index contributed by atoms with van der Waals surface area (Å²) >= 11 is 1.99. The van der Waals surface area contributed by atoms with Crippen LogP contribution in [0, 0.1) is 12.3 Å². The lowest BCUT2D eigenvalue weighted by atomic mass is 10.1. The monoisotopic (exact) mass is 221 g/mol. The van der Waals surface area contributed by atoms with Crippen LogP contribution < -0.4 is 5.73 Å². The molecule has 1 aliphatic rings. The summed E-state index contributed by atoms with van der Waals surface area (Å²) in [4.78, 5) is 1.40. The van der Waals surface area contributed by atoms with Gasteiger partial charge in [0, 0.05) is 10.6 Å². The number of aryl methyl sites for hydroxylation is 1. The topological polar surface area (TPSA) is 26.0 Å². The smallest absolute Gasteiger partial charge is 0.00747 e. The predicted octanol–water partition coefficient (Wildman–Crippen LogP) is 3.22. The molecule has 2 N–H and O–H groups in total. The van der Waals surface area contributed by atoms with Crippen molar-refractivity contribution >= 4 is 11.8 Å². The van der Waals surface area contributed by atoms with Crippen molar-refractivity contribution in [3.05, 3.63) is 29.8 Å². The van der Waals surface area contributed by atoms with Crippen LogP contribution >= 0.6 is 11.8 Å². The average molecular weight is 221 g/mol. The van der Waals surface area contributed by atoms with Gasteiger partial charge in [0.25, 0.3) is 0 Å². The first-order chi connectivity index (χ1) is 7.24. The van der Waals surface area contributed by atoms with Crippen LogP contribution in [0.4, 0.5) is 0 Å². The second kappa shape index (κ2) is 4.58. The molecule has 1 saturated carbocycles. The largest absolute Gasteiger partial charge is 0.330 e. The number of nitrogens with two attached hydrogens (primary N) is 1. The Kier molecular flexibility index (Phi) is 3.37. The molecule has 1 aromatic carbocycles. The van der Waals surface area contributed by atoms with Crippen LogP contribution in [0.1, 0.15) is 24.8 Å². The minimum Gasteiger partial charge on any atom is -0.330 e. The van der Waals surface area contributed by atoms with Crippen molar-refractivity contribution in [1.29, 1.82) is 0 Å². The number of rotatable bonds is 5. The van der Waals surface area contributed by atoms with Crippen molar-refractivity contribution in [3.63, 3.8) is 0 Å². The van der Waals surface area contributed by atoms with Gasteiger partial charge in [-0.3, -0.25) is 0 Å². The van der Waals surface area contributed by atoms with Crippen molar-refractivity contribution in [2.75, 3.05) is 12.3 Å². The molecular formula is C13H19NS. The molecule has 0 heterocycles. The van der Waals surface area contributed by atoms with Crippen molar-refractivity contribution in [1.82, 2.24) is 0 Å². The van der Waals surface area contributed by atoms with Crippen LogP contribution in [0.5, 0.6) is 0 Å². The summed E-state index contributed by atoms with van der Waals surface area (Å²) in [5, 5.41) is 0. The highest BCUT2D eigenvalue weighted by molar-refractivity contribution is 7.99. The molecule has 0 atom stereocenters. The molecule has 0 bridgehead atoms. The van der Waals surface area contributed by atoms with E-state index in [2.05, 4.69) is 31.2 Å². The molecule has 0 spiro atoms. The molecule has 1 nitrogen and oxygen atoms in total. The number of thioether (sulfide) groups is 1. The Labute approximate surface area is 96.4 Å². The lowest BCUT2D eigenvalue weighted by Gasteiger charge is -2.13. The summed E-state index contributed by atoms with van der Waals surface area (Å²) in [6.45, 7) is 2.99. The number of hydrogen-bond donors (Lipinski definition) is 1. The highest BCUT2D eigenvalue weighted by Gasteiger charge is 2.41. The van der Waals surface area contributed by atoms with E-state index < -0.39 is 0 Å². The SMILES string of the molecule is Cc1cccc(SCC2(CCN)CC2)c1. The maximum Gasteiger partial charge on any atom is 0.00747 e. The van der Waals surface area contributed by atoms with Crippen molar-refractivity contribution < 1.29 is 0 Å². The second-order valence-corrected chi connectivity index (χ2v) is 5.69. The van der Waals surface area contributed by atoms with Gasteiger partial charge in [-0.05, 0) is 50.3 Å². The third kappa shape index (κ3) is 2.99. The molecule has 0 radical (unpaired) electrons. The zero-order valence-electron chi connectivity index (χ0n) is 9.33. The van der Waals surface area contributed by atoms with Crippen molar-refractivity contribution in [2.45, 2.75) is 31.1 Å². The summed E-state index contributed by atoms with van der Waals surface area (Å²) < 4.78 is 0. The highest BCUT2D eigenvalue weighted by Crippen LogP contribution is 2.51. The van der Waals surface area contributed by atoms with E-state index in [9.17, 15) is 0 Å². The molecule has 82 valence electrons. The summed E-state index contributed by atoms with van der Waals surface area (Å²) in [5.74, 6) is 1.24. The van der Waals surface area contributed by atoms with Gasteiger partial charge in [0.1, 0.15) is 0 Å². The molecule has 0 saturated heterocycles. The third-order valence-electron chi connectivity index (χ3n) is 3.17. The maximum atomic E-state index is 5.64. The molecule has 0 aliphatic heterocycles. The summed E-state index contributed by atoms with van der Waals surface area (Å²) in [6, 6.07) is 8.76. The van der Waals surface area contributed by atoms with E-state index in [0.717, 1.165) is 6.54 Å². The van der Waals surface area contributed by atoms with Crippen LogP contribution in [0.15, 0.2) is 29.2 Å². The molecule has 1 fully saturated rings. The molecule has 0 amide bonds. The van der Waals surface area contributed by atoms with Gasteiger partial charge in [0.15, 0.2) is 0 Å². The first kappa shape index (κ1) is 11.0. The van der Waals surface area contributed by atoms with E-state index in [1.54, 1.807) is 0 Å². The normalized spacial score (nSPS) is 17.7. The average Bonchev–Trinajstić information content (AvgIpc) is 2.97. The molecule has 0 aromatic heterocycles. The lowest BCUT2D eigenvalue weighted by molar-refractivity contribution is 0.537. The third-order valence-corrected chi connectivity index (χ3v) is 4.51. The maximum absolute atomic E-state index is 5.64. The molecule has 1 aliphatic carbocycles. The molecular weight excluding hydrogens is 202 g/mol. The summed E-state index contributed by atoms with van der Waals surface area (Å²) in [6.07, 6.45) is 3.96. The molecule has 2 heteroatoms. The van der Waals surface area contributed by atoms with Crippen LogP contribution in [0.2, 0.25) is 0 Å². The van der Waals surface area contributed by atoms with E-state index in [1.807, 2.05) is 11.8 Å². The zero-order valence-corrected chi connectivity index (χ0v) is 10.1. The van der Waals surface area contributed by atoms with E-state index in [0.29, 0.717) is 5.41 Å². The van der Waals surface area contributed by atoms with E-state index in [1.165, 1.54) is 35.5 Å². The van der Waals surface area contributed by atoms with Gasteiger partial charge in [0.2, 0.25) is 0 Å². The minimum absolute atomic E-state index is 0.586. The van der Waals surface area contributed by atoms with Gasteiger partial charge >= 0.3 is 0 Å².